The van der Waals surface area contributed by atoms with Gasteiger partial charge in [0.25, 0.3) is 0 Å². The van der Waals surface area contributed by atoms with E-state index in [1.807, 2.05) is 6.07 Å². The van der Waals surface area contributed by atoms with E-state index in [2.05, 4.69) is 43.2 Å². The average molecular weight is 358 g/mol. The van der Waals surface area contributed by atoms with Crippen molar-refractivity contribution in [2.24, 2.45) is 0 Å². The molecule has 1 atom stereocenters. The van der Waals surface area contributed by atoms with Crippen molar-refractivity contribution in [1.29, 1.82) is 0 Å². The SMILES string of the molecule is O=C(C[C@H]1COCCN1Cc1ccc2nsnc2c1)NC1CC=CC1. The molecule has 0 saturated carbocycles. The number of morpholine rings is 1. The van der Waals surface area contributed by atoms with Crippen LogP contribution in [0.25, 0.3) is 11.0 Å². The Morgan fingerprint density at radius 1 is 1.28 bits per heavy atom. The van der Waals surface area contributed by atoms with Crippen LogP contribution < -0.4 is 5.32 Å². The molecule has 2 aliphatic rings. The van der Waals surface area contributed by atoms with E-state index in [1.54, 1.807) is 0 Å². The van der Waals surface area contributed by atoms with Crippen LogP contribution in [-0.4, -0.2) is 51.4 Å². The third-order valence-corrected chi connectivity index (χ3v) is 5.40. The molecule has 0 spiro atoms. The summed E-state index contributed by atoms with van der Waals surface area (Å²) in [5, 5.41) is 3.13. The Kier molecular flexibility index (Phi) is 5.05. The molecule has 1 N–H and O–H groups in total. The minimum absolute atomic E-state index is 0.118. The van der Waals surface area contributed by atoms with Gasteiger partial charge >= 0.3 is 0 Å². The zero-order valence-corrected chi connectivity index (χ0v) is 14.9. The molecular formula is C18H22N4O2S. The summed E-state index contributed by atoms with van der Waals surface area (Å²) in [6.45, 7) is 2.97. The first-order chi connectivity index (χ1) is 12.3. The molecule has 2 heterocycles. The van der Waals surface area contributed by atoms with Gasteiger partial charge < -0.3 is 10.1 Å². The van der Waals surface area contributed by atoms with Gasteiger partial charge in [0.05, 0.1) is 24.9 Å². The van der Waals surface area contributed by atoms with Crippen molar-refractivity contribution >= 4 is 28.7 Å². The number of nitrogens with zero attached hydrogens (tertiary/aromatic N) is 3. The van der Waals surface area contributed by atoms with Gasteiger partial charge in [-0.25, -0.2) is 0 Å². The van der Waals surface area contributed by atoms with E-state index in [-0.39, 0.29) is 18.0 Å². The smallest absolute Gasteiger partial charge is 0.221 e. The molecule has 6 nitrogen and oxygen atoms in total. The van der Waals surface area contributed by atoms with Crippen LogP contribution in [-0.2, 0) is 16.1 Å². The molecule has 1 fully saturated rings. The highest BCUT2D eigenvalue weighted by Gasteiger charge is 2.26. The third-order valence-electron chi connectivity index (χ3n) is 4.85. The van der Waals surface area contributed by atoms with E-state index in [1.165, 1.54) is 17.3 Å². The van der Waals surface area contributed by atoms with E-state index >= 15 is 0 Å². The average Bonchev–Trinajstić information content (AvgIpc) is 3.27. The van der Waals surface area contributed by atoms with Crippen LogP contribution in [0.4, 0.5) is 0 Å². The van der Waals surface area contributed by atoms with Gasteiger partial charge in [-0.3, -0.25) is 9.69 Å². The first kappa shape index (κ1) is 16.6. The van der Waals surface area contributed by atoms with Gasteiger partial charge in [0.1, 0.15) is 11.0 Å². The molecule has 1 aliphatic carbocycles. The van der Waals surface area contributed by atoms with E-state index in [0.717, 1.165) is 37.0 Å². The number of hydrogen-bond acceptors (Lipinski definition) is 6. The second-order valence-corrected chi connectivity index (χ2v) is 7.23. The van der Waals surface area contributed by atoms with Crippen molar-refractivity contribution in [3.05, 3.63) is 35.9 Å². The molecular weight excluding hydrogens is 336 g/mol. The number of carbonyl (C=O) groups excluding carboxylic acids is 1. The van der Waals surface area contributed by atoms with Crippen LogP contribution >= 0.6 is 11.7 Å². The maximum absolute atomic E-state index is 12.4. The van der Waals surface area contributed by atoms with Crippen LogP contribution in [0.2, 0.25) is 0 Å². The Morgan fingerprint density at radius 2 is 2.12 bits per heavy atom. The number of fused-ring (bicyclic) bond motifs is 1. The zero-order chi connectivity index (χ0) is 17.1. The first-order valence-electron chi connectivity index (χ1n) is 8.75. The fraction of sp³-hybridized carbons (Fsp3) is 0.500. The topological polar surface area (TPSA) is 67.3 Å². The standard InChI is InChI=1S/C18H22N4O2S/c23-18(19-14-3-1-2-4-14)10-15-12-24-8-7-22(15)11-13-5-6-16-17(9-13)21-25-20-16/h1-2,5-6,9,14-15H,3-4,7-8,10-12H2,(H,19,23)/t15-/m0/s1. The summed E-state index contributed by atoms with van der Waals surface area (Å²) < 4.78 is 14.2. The lowest BCUT2D eigenvalue weighted by molar-refractivity contribution is -0.125. The summed E-state index contributed by atoms with van der Waals surface area (Å²) in [6, 6.07) is 6.59. The molecule has 0 bridgehead atoms. The van der Waals surface area contributed by atoms with Gasteiger partial charge in [0.2, 0.25) is 5.91 Å². The molecule has 1 saturated heterocycles. The number of amides is 1. The highest BCUT2D eigenvalue weighted by Crippen LogP contribution is 2.19. The van der Waals surface area contributed by atoms with Gasteiger partial charge in [-0.1, -0.05) is 18.2 Å². The molecule has 1 aromatic heterocycles. The lowest BCUT2D eigenvalue weighted by Crippen LogP contribution is -2.48. The number of rotatable bonds is 5. The maximum atomic E-state index is 12.4. The fourth-order valence-electron chi connectivity index (χ4n) is 3.48. The van der Waals surface area contributed by atoms with E-state index in [0.29, 0.717) is 19.6 Å². The number of nitrogens with one attached hydrogen (secondary N) is 1. The number of hydrogen-bond donors (Lipinski definition) is 1. The Morgan fingerprint density at radius 3 is 3.00 bits per heavy atom. The van der Waals surface area contributed by atoms with Gasteiger partial charge in [-0.2, -0.15) is 8.75 Å². The minimum Gasteiger partial charge on any atom is -0.378 e. The van der Waals surface area contributed by atoms with Crippen molar-refractivity contribution in [3.63, 3.8) is 0 Å². The summed E-state index contributed by atoms with van der Waals surface area (Å²) in [4.78, 5) is 14.7. The summed E-state index contributed by atoms with van der Waals surface area (Å²) in [6.07, 6.45) is 6.63. The highest BCUT2D eigenvalue weighted by molar-refractivity contribution is 7.00. The summed E-state index contributed by atoms with van der Waals surface area (Å²) in [5.74, 6) is 0.119. The number of ether oxygens (including phenoxy) is 1. The van der Waals surface area contributed by atoms with Crippen molar-refractivity contribution in [2.75, 3.05) is 19.8 Å². The molecule has 0 radical (unpaired) electrons. The normalized spacial score (nSPS) is 21.8. The lowest BCUT2D eigenvalue weighted by atomic mass is 10.1. The summed E-state index contributed by atoms with van der Waals surface area (Å²) in [7, 11) is 0. The van der Waals surface area contributed by atoms with Crippen molar-refractivity contribution in [3.8, 4) is 0 Å². The fourth-order valence-corrected chi connectivity index (χ4v) is 4.00. The monoisotopic (exact) mass is 358 g/mol. The second-order valence-electron chi connectivity index (χ2n) is 6.70. The second kappa shape index (κ2) is 7.59. The Labute approximate surface area is 151 Å². The summed E-state index contributed by atoms with van der Waals surface area (Å²) >= 11 is 1.24. The third kappa shape index (κ3) is 4.05. The highest BCUT2D eigenvalue weighted by atomic mass is 32.1. The summed E-state index contributed by atoms with van der Waals surface area (Å²) in [5.41, 5.74) is 3.09. The van der Waals surface area contributed by atoms with E-state index in [9.17, 15) is 4.79 Å². The zero-order valence-electron chi connectivity index (χ0n) is 14.1. The molecule has 132 valence electrons. The Bertz CT molecular complexity index is 767. The molecule has 0 unspecified atom stereocenters. The molecule has 25 heavy (non-hydrogen) atoms. The van der Waals surface area contributed by atoms with E-state index < -0.39 is 0 Å². The number of carbonyl (C=O) groups is 1. The van der Waals surface area contributed by atoms with Crippen LogP contribution in [0.5, 0.6) is 0 Å². The quantitative estimate of drug-likeness (QED) is 0.829. The van der Waals surface area contributed by atoms with E-state index in [4.69, 9.17) is 4.74 Å². The van der Waals surface area contributed by atoms with Gasteiger partial charge in [-0.05, 0) is 30.5 Å². The Hall–Kier alpha value is -1.83. The molecule has 1 amide bonds. The van der Waals surface area contributed by atoms with Crippen molar-refractivity contribution in [2.45, 2.75) is 37.9 Å². The predicted molar refractivity (Wildman–Crippen MR) is 97.4 cm³/mol. The van der Waals surface area contributed by atoms with Gasteiger partial charge in [0.15, 0.2) is 0 Å². The predicted octanol–water partition coefficient (Wildman–Crippen LogP) is 2.12. The van der Waals surface area contributed by atoms with Crippen molar-refractivity contribution < 1.29 is 9.53 Å². The number of benzene rings is 1. The largest absolute Gasteiger partial charge is 0.378 e. The Balaban J connectivity index is 1.38. The number of aromatic nitrogens is 2. The van der Waals surface area contributed by atoms with Crippen LogP contribution in [0, 0.1) is 0 Å². The molecule has 4 rings (SSSR count). The van der Waals surface area contributed by atoms with Crippen LogP contribution in [0.15, 0.2) is 30.4 Å². The molecule has 1 aliphatic heterocycles. The minimum atomic E-state index is 0.118. The van der Waals surface area contributed by atoms with Gasteiger partial charge in [0, 0.05) is 31.6 Å². The van der Waals surface area contributed by atoms with Crippen LogP contribution in [0.3, 0.4) is 0 Å². The molecule has 7 heteroatoms. The first-order valence-corrected chi connectivity index (χ1v) is 9.48. The lowest BCUT2D eigenvalue weighted by Gasteiger charge is -2.35. The maximum Gasteiger partial charge on any atom is 0.221 e. The molecule has 2 aromatic rings. The van der Waals surface area contributed by atoms with Gasteiger partial charge in [-0.15, -0.1) is 0 Å². The molecule has 1 aromatic carbocycles. The van der Waals surface area contributed by atoms with Crippen molar-refractivity contribution in [1.82, 2.24) is 19.0 Å². The van der Waals surface area contributed by atoms with Crippen LogP contribution in [0.1, 0.15) is 24.8 Å².